The van der Waals surface area contributed by atoms with Crippen LogP contribution in [0.1, 0.15) is 25.3 Å². The molecule has 2 rings (SSSR count). The van der Waals surface area contributed by atoms with Crippen LogP contribution in [0.15, 0.2) is 30.5 Å². The van der Waals surface area contributed by atoms with E-state index in [-0.39, 0.29) is 12.8 Å². The molecule has 0 saturated carbocycles. The average molecular weight is 448 g/mol. The average Bonchev–Trinajstić information content (AvgIpc) is 3.14. The minimum Gasteiger partial charge on any atom is -0.481 e. The minimum absolute atomic E-state index is 0.264. The van der Waals surface area contributed by atoms with E-state index in [0.29, 0.717) is 5.75 Å². The van der Waals surface area contributed by atoms with E-state index in [4.69, 9.17) is 10.8 Å². The zero-order chi connectivity index (χ0) is 23.0. The number of aliphatic carboxylic acids is 1. The van der Waals surface area contributed by atoms with Gasteiger partial charge in [-0.1, -0.05) is 18.2 Å². The van der Waals surface area contributed by atoms with Crippen molar-refractivity contribution < 1.29 is 24.3 Å². The number of H-pyrrole nitrogens is 1. The fourth-order valence-electron chi connectivity index (χ4n) is 3.15. The molecule has 31 heavy (non-hydrogen) atoms. The van der Waals surface area contributed by atoms with Crippen LogP contribution in [0.2, 0.25) is 0 Å². The molecule has 0 spiro atoms. The Hall–Kier alpha value is -2.85. The SMILES string of the molecule is CSCCC(C)(NC(=O)[C@@H](N)Cc1c[nH]c2ccccc12)C(=O)N[C@H]([C]=O)CC(=O)O. The fourth-order valence-corrected chi connectivity index (χ4v) is 3.76. The van der Waals surface area contributed by atoms with Gasteiger partial charge in [0.1, 0.15) is 11.6 Å². The quantitative estimate of drug-likeness (QED) is 0.321. The predicted octanol–water partition coefficient (Wildman–Crippen LogP) is 0.735. The molecule has 1 heterocycles. The van der Waals surface area contributed by atoms with Crippen molar-refractivity contribution in [3.05, 3.63) is 36.0 Å². The highest BCUT2D eigenvalue weighted by atomic mass is 32.2. The third-order valence-electron chi connectivity index (χ3n) is 4.98. The summed E-state index contributed by atoms with van der Waals surface area (Å²) in [5, 5.41) is 14.9. The number of fused-ring (bicyclic) bond motifs is 1. The molecule has 0 aliphatic rings. The van der Waals surface area contributed by atoms with Crippen LogP contribution in [0.3, 0.4) is 0 Å². The molecule has 0 aliphatic carbocycles. The first kappa shape index (κ1) is 24.4. The lowest BCUT2D eigenvalue weighted by Gasteiger charge is -2.31. The maximum absolute atomic E-state index is 12.8. The number of hydrogen-bond donors (Lipinski definition) is 5. The van der Waals surface area contributed by atoms with Crippen LogP contribution in [0.5, 0.6) is 0 Å². The molecule has 167 valence electrons. The van der Waals surface area contributed by atoms with Gasteiger partial charge in [-0.25, -0.2) is 0 Å². The van der Waals surface area contributed by atoms with Crippen molar-refractivity contribution in [2.24, 2.45) is 5.73 Å². The molecule has 3 atom stereocenters. The van der Waals surface area contributed by atoms with Gasteiger partial charge in [0.25, 0.3) is 0 Å². The Morgan fingerprint density at radius 2 is 2.03 bits per heavy atom. The molecule has 0 bridgehead atoms. The summed E-state index contributed by atoms with van der Waals surface area (Å²) in [7, 11) is 0. The van der Waals surface area contributed by atoms with E-state index in [1.807, 2.05) is 30.5 Å². The van der Waals surface area contributed by atoms with Crippen molar-refractivity contribution >= 4 is 46.7 Å². The summed E-state index contributed by atoms with van der Waals surface area (Å²) in [4.78, 5) is 50.6. The lowest BCUT2D eigenvalue weighted by atomic mass is 9.95. The highest BCUT2D eigenvalue weighted by Gasteiger charge is 2.37. The fraction of sp³-hybridized carbons (Fsp3) is 0.429. The summed E-state index contributed by atoms with van der Waals surface area (Å²) in [5.41, 5.74) is 6.57. The van der Waals surface area contributed by atoms with Gasteiger partial charge >= 0.3 is 5.97 Å². The Labute approximate surface area is 184 Å². The third-order valence-corrected chi connectivity index (χ3v) is 5.60. The number of carboxylic acids is 1. The van der Waals surface area contributed by atoms with E-state index in [1.165, 1.54) is 25.0 Å². The third kappa shape index (κ3) is 6.56. The van der Waals surface area contributed by atoms with E-state index >= 15 is 0 Å². The number of para-hydroxylation sites is 1. The number of thioether (sulfide) groups is 1. The molecule has 6 N–H and O–H groups in total. The summed E-state index contributed by atoms with van der Waals surface area (Å²) in [6.45, 7) is 1.53. The Balaban J connectivity index is 2.11. The minimum atomic E-state index is -1.37. The molecular formula is C21H27N4O5S. The van der Waals surface area contributed by atoms with Crippen LogP contribution >= 0.6 is 11.8 Å². The molecule has 0 fully saturated rings. The normalized spacial score (nSPS) is 14.9. The highest BCUT2D eigenvalue weighted by Crippen LogP contribution is 2.20. The van der Waals surface area contributed by atoms with Crippen LogP contribution in [0.4, 0.5) is 0 Å². The van der Waals surface area contributed by atoms with Gasteiger partial charge in [-0.05, 0) is 43.4 Å². The van der Waals surface area contributed by atoms with Crippen LogP contribution < -0.4 is 16.4 Å². The number of nitrogens with two attached hydrogens (primary N) is 1. The lowest BCUT2D eigenvalue weighted by Crippen LogP contribution is -2.61. The van der Waals surface area contributed by atoms with E-state index < -0.39 is 41.8 Å². The standard InChI is InChI=1S/C21H27N4O5S/c1-21(7-8-31-2,20(30)24-14(12-26)10-18(27)28)25-19(29)16(22)9-13-11-23-17-6-4-3-5-15(13)17/h3-6,11,14,16,23H,7-10,22H2,1-2H3,(H,24,30)(H,25,29)(H,27,28)/t14-,16-,21?/m0/s1. The molecule has 0 saturated heterocycles. The number of benzene rings is 1. The van der Waals surface area contributed by atoms with Crippen molar-refractivity contribution in [2.75, 3.05) is 12.0 Å². The maximum Gasteiger partial charge on any atom is 0.305 e. The highest BCUT2D eigenvalue weighted by molar-refractivity contribution is 7.98. The Morgan fingerprint density at radius 3 is 2.68 bits per heavy atom. The second-order valence-electron chi connectivity index (χ2n) is 7.48. The van der Waals surface area contributed by atoms with E-state index in [9.17, 15) is 19.2 Å². The summed E-state index contributed by atoms with van der Waals surface area (Å²) in [6, 6.07) is 5.43. The second kappa shape index (κ2) is 11.0. The number of hydrogen-bond acceptors (Lipinski definition) is 6. The molecule has 2 aromatic rings. The van der Waals surface area contributed by atoms with Gasteiger partial charge < -0.3 is 26.5 Å². The molecule has 1 radical (unpaired) electrons. The Morgan fingerprint density at radius 1 is 1.32 bits per heavy atom. The van der Waals surface area contributed by atoms with Crippen molar-refractivity contribution in [3.8, 4) is 0 Å². The van der Waals surface area contributed by atoms with Gasteiger partial charge in [0.15, 0.2) is 0 Å². The lowest BCUT2D eigenvalue weighted by molar-refractivity contribution is -0.138. The maximum atomic E-state index is 12.8. The number of aromatic nitrogens is 1. The molecule has 10 heteroatoms. The number of aromatic amines is 1. The number of carbonyl (C=O) groups is 3. The van der Waals surface area contributed by atoms with E-state index in [2.05, 4.69) is 15.6 Å². The Kier molecular flexibility index (Phi) is 8.64. The first-order valence-electron chi connectivity index (χ1n) is 9.72. The van der Waals surface area contributed by atoms with Crippen LogP contribution in [0, 0.1) is 0 Å². The molecule has 2 amide bonds. The zero-order valence-electron chi connectivity index (χ0n) is 17.4. The summed E-state index contributed by atoms with van der Waals surface area (Å²) in [6.07, 6.45) is 5.10. The number of amides is 2. The largest absolute Gasteiger partial charge is 0.481 e. The summed E-state index contributed by atoms with van der Waals surface area (Å²) in [5.74, 6) is -1.88. The number of rotatable bonds is 12. The van der Waals surface area contributed by atoms with Crippen molar-refractivity contribution in [1.82, 2.24) is 15.6 Å². The molecular weight excluding hydrogens is 420 g/mol. The molecule has 1 unspecified atom stereocenters. The summed E-state index contributed by atoms with van der Waals surface area (Å²) >= 11 is 1.48. The monoisotopic (exact) mass is 447 g/mol. The smallest absolute Gasteiger partial charge is 0.305 e. The van der Waals surface area contributed by atoms with E-state index in [0.717, 1.165) is 16.5 Å². The topological polar surface area (TPSA) is 154 Å². The van der Waals surface area contributed by atoms with Crippen LogP contribution in [0.25, 0.3) is 10.9 Å². The second-order valence-corrected chi connectivity index (χ2v) is 8.46. The first-order valence-corrected chi connectivity index (χ1v) is 11.1. The first-order chi connectivity index (χ1) is 14.7. The van der Waals surface area contributed by atoms with Crippen molar-refractivity contribution in [3.63, 3.8) is 0 Å². The van der Waals surface area contributed by atoms with Gasteiger partial charge in [0.2, 0.25) is 18.1 Å². The number of nitrogens with one attached hydrogen (secondary N) is 3. The molecule has 1 aromatic carbocycles. The van der Waals surface area contributed by atoms with Gasteiger partial charge in [-0.15, -0.1) is 0 Å². The van der Waals surface area contributed by atoms with Crippen LogP contribution in [-0.2, 0) is 25.6 Å². The van der Waals surface area contributed by atoms with Crippen molar-refractivity contribution in [2.45, 2.75) is 43.8 Å². The van der Waals surface area contributed by atoms with Crippen molar-refractivity contribution in [1.29, 1.82) is 0 Å². The van der Waals surface area contributed by atoms with Gasteiger partial charge in [-0.3, -0.25) is 19.2 Å². The molecule has 1 aromatic heterocycles. The van der Waals surface area contributed by atoms with Gasteiger partial charge in [0, 0.05) is 17.1 Å². The molecule has 0 aliphatic heterocycles. The molecule has 9 nitrogen and oxygen atoms in total. The van der Waals surface area contributed by atoms with E-state index in [1.54, 1.807) is 6.20 Å². The Bertz CT molecular complexity index is 947. The van der Waals surface area contributed by atoms with Crippen LogP contribution in [-0.4, -0.2) is 63.8 Å². The number of carbonyl (C=O) groups excluding carboxylic acids is 3. The van der Waals surface area contributed by atoms with Gasteiger partial charge in [0.05, 0.1) is 12.5 Å². The number of carboxylic acid groups (broad SMARTS) is 1. The predicted molar refractivity (Wildman–Crippen MR) is 119 cm³/mol. The summed E-state index contributed by atoms with van der Waals surface area (Å²) < 4.78 is 0. The zero-order valence-corrected chi connectivity index (χ0v) is 18.3. The van der Waals surface area contributed by atoms with Gasteiger partial charge in [-0.2, -0.15) is 11.8 Å².